The summed E-state index contributed by atoms with van der Waals surface area (Å²) in [6, 6.07) is 13.3. The predicted molar refractivity (Wildman–Crippen MR) is 117 cm³/mol. The molecular weight excluding hydrogens is 493 g/mol. The van der Waals surface area contributed by atoms with Crippen molar-refractivity contribution in [1.29, 1.82) is 0 Å². The molecule has 0 bridgehead atoms. The van der Waals surface area contributed by atoms with Crippen LogP contribution in [0, 0.1) is 3.57 Å². The minimum Gasteiger partial charge on any atom is -0.478 e. The number of carboxylic acid groups (broad SMARTS) is 1. The number of nitrogens with one attached hydrogen (secondary N) is 1. The number of amides is 2. The lowest BCUT2D eigenvalue weighted by Gasteiger charge is -2.15. The van der Waals surface area contributed by atoms with E-state index in [1.54, 1.807) is 7.05 Å². The van der Waals surface area contributed by atoms with Crippen molar-refractivity contribution in [3.63, 3.8) is 0 Å². The maximum atomic E-state index is 12.8. The lowest BCUT2D eigenvalue weighted by atomic mass is 10.2. The zero-order valence-electron chi connectivity index (χ0n) is 14.8. The normalized spacial score (nSPS) is 17.1. The SMILES string of the molecule is CN/C(=N/c1ccc(I)cc1)SC1CC(=O)N(c2ccc(C(=O)O)cc2)C1=O. The van der Waals surface area contributed by atoms with Crippen molar-refractivity contribution in [3.8, 4) is 0 Å². The highest BCUT2D eigenvalue weighted by atomic mass is 127. The van der Waals surface area contributed by atoms with Gasteiger partial charge in [-0.3, -0.25) is 9.59 Å². The molecule has 1 unspecified atom stereocenters. The van der Waals surface area contributed by atoms with Crippen LogP contribution in [-0.4, -0.2) is 40.4 Å². The number of aromatic carboxylic acids is 1. The molecule has 28 heavy (non-hydrogen) atoms. The number of hydrogen-bond donors (Lipinski definition) is 2. The van der Waals surface area contributed by atoms with Gasteiger partial charge in [0.1, 0.15) is 5.25 Å². The van der Waals surface area contributed by atoms with Crippen LogP contribution < -0.4 is 10.2 Å². The van der Waals surface area contributed by atoms with Gasteiger partial charge in [0.05, 0.1) is 16.9 Å². The highest BCUT2D eigenvalue weighted by Gasteiger charge is 2.40. The fourth-order valence-electron chi connectivity index (χ4n) is 2.63. The standard InChI is InChI=1S/C19H16IN3O4S/c1-21-19(22-13-6-4-12(20)5-7-13)28-15-10-16(24)23(17(15)25)14-8-2-11(3-9-14)18(26)27/h2-9,15H,10H2,1H3,(H,21,22)(H,26,27). The molecule has 144 valence electrons. The van der Waals surface area contributed by atoms with E-state index in [0.29, 0.717) is 10.9 Å². The third-order valence-corrected chi connectivity index (χ3v) is 5.89. The molecule has 1 heterocycles. The average molecular weight is 509 g/mol. The summed E-state index contributed by atoms with van der Waals surface area (Å²) in [5.41, 5.74) is 1.20. The predicted octanol–water partition coefficient (Wildman–Crippen LogP) is 3.26. The summed E-state index contributed by atoms with van der Waals surface area (Å²) in [4.78, 5) is 41.7. The summed E-state index contributed by atoms with van der Waals surface area (Å²) in [5, 5.41) is 11.9. The first-order valence-electron chi connectivity index (χ1n) is 8.28. The maximum Gasteiger partial charge on any atom is 0.335 e. The van der Waals surface area contributed by atoms with Crippen LogP contribution in [0.5, 0.6) is 0 Å². The number of aliphatic imine (C=N–C) groups is 1. The number of hydrogen-bond acceptors (Lipinski definition) is 5. The van der Waals surface area contributed by atoms with Crippen molar-refractivity contribution in [2.45, 2.75) is 11.7 Å². The van der Waals surface area contributed by atoms with Crippen LogP contribution in [0.1, 0.15) is 16.8 Å². The lowest BCUT2D eigenvalue weighted by Crippen LogP contribution is -2.32. The topological polar surface area (TPSA) is 99.1 Å². The van der Waals surface area contributed by atoms with Gasteiger partial charge in [0, 0.05) is 17.0 Å². The summed E-state index contributed by atoms with van der Waals surface area (Å²) in [7, 11) is 1.71. The molecule has 0 radical (unpaired) electrons. The molecule has 0 aromatic heterocycles. The summed E-state index contributed by atoms with van der Waals surface area (Å²) in [6.45, 7) is 0. The summed E-state index contributed by atoms with van der Waals surface area (Å²) < 4.78 is 1.09. The Morgan fingerprint density at radius 1 is 1.18 bits per heavy atom. The second-order valence-corrected chi connectivity index (χ2v) is 8.31. The molecule has 1 aliphatic heterocycles. The number of thioether (sulfide) groups is 1. The minimum absolute atomic E-state index is 0.0531. The molecule has 9 heteroatoms. The fraction of sp³-hybridized carbons (Fsp3) is 0.158. The second kappa shape index (κ2) is 8.74. The molecular formula is C19H16IN3O4S. The molecule has 3 rings (SSSR count). The van der Waals surface area contributed by atoms with E-state index in [9.17, 15) is 14.4 Å². The maximum absolute atomic E-state index is 12.8. The van der Waals surface area contributed by atoms with E-state index < -0.39 is 11.2 Å². The van der Waals surface area contributed by atoms with Gasteiger partial charge in [-0.1, -0.05) is 11.8 Å². The number of rotatable bonds is 4. The minimum atomic E-state index is -1.07. The van der Waals surface area contributed by atoms with Crippen molar-refractivity contribution in [2.24, 2.45) is 4.99 Å². The molecule has 0 saturated carbocycles. The average Bonchev–Trinajstić information content (AvgIpc) is 2.96. The van der Waals surface area contributed by atoms with Gasteiger partial charge in [-0.05, 0) is 71.1 Å². The Kier molecular flexibility index (Phi) is 6.35. The van der Waals surface area contributed by atoms with Gasteiger partial charge in [0.25, 0.3) is 0 Å². The second-order valence-electron chi connectivity index (χ2n) is 5.87. The number of benzene rings is 2. The molecule has 1 atom stereocenters. The Morgan fingerprint density at radius 3 is 2.39 bits per heavy atom. The molecule has 1 saturated heterocycles. The number of amidine groups is 1. The zero-order valence-corrected chi connectivity index (χ0v) is 17.7. The first-order valence-corrected chi connectivity index (χ1v) is 10.2. The lowest BCUT2D eigenvalue weighted by molar-refractivity contribution is -0.121. The van der Waals surface area contributed by atoms with E-state index in [1.807, 2.05) is 24.3 Å². The number of anilines is 1. The van der Waals surface area contributed by atoms with Gasteiger partial charge in [0.2, 0.25) is 11.8 Å². The molecule has 1 fully saturated rings. The number of carboxylic acids is 1. The Balaban J connectivity index is 1.76. The van der Waals surface area contributed by atoms with Crippen molar-refractivity contribution in [2.75, 3.05) is 11.9 Å². The van der Waals surface area contributed by atoms with Gasteiger partial charge >= 0.3 is 5.97 Å². The monoisotopic (exact) mass is 509 g/mol. The van der Waals surface area contributed by atoms with E-state index >= 15 is 0 Å². The highest BCUT2D eigenvalue weighted by Crippen LogP contribution is 2.31. The van der Waals surface area contributed by atoms with Crippen molar-refractivity contribution >= 4 is 68.7 Å². The number of halogens is 1. The number of carbonyl (C=O) groups is 3. The first-order chi connectivity index (χ1) is 13.4. The Morgan fingerprint density at radius 2 is 1.82 bits per heavy atom. The molecule has 1 aliphatic rings. The van der Waals surface area contributed by atoms with Crippen LogP contribution in [-0.2, 0) is 9.59 Å². The van der Waals surface area contributed by atoms with E-state index in [-0.39, 0.29) is 23.8 Å². The van der Waals surface area contributed by atoms with Crippen molar-refractivity contribution in [3.05, 3.63) is 57.7 Å². The van der Waals surface area contributed by atoms with Gasteiger partial charge in [-0.2, -0.15) is 0 Å². The van der Waals surface area contributed by atoms with Crippen LogP contribution in [0.4, 0.5) is 11.4 Å². The van der Waals surface area contributed by atoms with E-state index in [0.717, 1.165) is 14.2 Å². The Labute approximate surface area is 179 Å². The van der Waals surface area contributed by atoms with Crippen LogP contribution in [0.2, 0.25) is 0 Å². The summed E-state index contributed by atoms with van der Waals surface area (Å²) in [6.07, 6.45) is 0.0531. The molecule has 2 aromatic carbocycles. The number of imide groups is 1. The Hall–Kier alpha value is -2.40. The molecule has 2 N–H and O–H groups in total. The quantitative estimate of drug-likeness (QED) is 0.284. The first kappa shape index (κ1) is 20.3. The largest absolute Gasteiger partial charge is 0.478 e. The van der Waals surface area contributed by atoms with Gasteiger partial charge < -0.3 is 10.4 Å². The number of carbonyl (C=O) groups excluding carboxylic acids is 2. The van der Waals surface area contributed by atoms with Gasteiger partial charge in [-0.15, -0.1) is 0 Å². The van der Waals surface area contributed by atoms with Gasteiger partial charge in [-0.25, -0.2) is 14.7 Å². The van der Waals surface area contributed by atoms with Crippen LogP contribution >= 0.6 is 34.4 Å². The Bertz CT molecular complexity index is 945. The summed E-state index contributed by atoms with van der Waals surface area (Å²) >= 11 is 3.41. The highest BCUT2D eigenvalue weighted by molar-refractivity contribution is 14.1. The van der Waals surface area contributed by atoms with Crippen LogP contribution in [0.15, 0.2) is 53.5 Å². The molecule has 0 aliphatic carbocycles. The van der Waals surface area contributed by atoms with Gasteiger partial charge in [0.15, 0.2) is 5.17 Å². The van der Waals surface area contributed by atoms with E-state index in [2.05, 4.69) is 32.9 Å². The molecule has 7 nitrogen and oxygen atoms in total. The summed E-state index contributed by atoms with van der Waals surface area (Å²) in [5.74, 6) is -1.73. The molecule has 2 amide bonds. The molecule has 0 spiro atoms. The van der Waals surface area contributed by atoms with Crippen molar-refractivity contribution in [1.82, 2.24) is 5.32 Å². The fourth-order valence-corrected chi connectivity index (χ4v) is 3.97. The zero-order chi connectivity index (χ0) is 20.3. The van der Waals surface area contributed by atoms with E-state index in [4.69, 9.17) is 5.11 Å². The number of nitrogens with zero attached hydrogens (tertiary/aromatic N) is 2. The third-order valence-electron chi connectivity index (χ3n) is 4.00. The smallest absolute Gasteiger partial charge is 0.335 e. The van der Waals surface area contributed by atoms with E-state index in [1.165, 1.54) is 36.0 Å². The van der Waals surface area contributed by atoms with Crippen LogP contribution in [0.25, 0.3) is 0 Å². The molecule has 2 aromatic rings. The third kappa shape index (κ3) is 4.53. The van der Waals surface area contributed by atoms with Crippen molar-refractivity contribution < 1.29 is 19.5 Å². The van der Waals surface area contributed by atoms with Crippen LogP contribution in [0.3, 0.4) is 0 Å².